The summed E-state index contributed by atoms with van der Waals surface area (Å²) >= 11 is 0. The minimum atomic E-state index is -4.46. The van der Waals surface area contributed by atoms with Crippen molar-refractivity contribution in [2.75, 3.05) is 19.0 Å². The molecule has 2 aromatic carbocycles. The van der Waals surface area contributed by atoms with Gasteiger partial charge in [-0.3, -0.25) is 4.79 Å². The van der Waals surface area contributed by atoms with Crippen LogP contribution >= 0.6 is 0 Å². The van der Waals surface area contributed by atoms with Crippen molar-refractivity contribution in [2.24, 2.45) is 5.10 Å². The molecule has 27 heavy (non-hydrogen) atoms. The van der Waals surface area contributed by atoms with Gasteiger partial charge in [-0.2, -0.15) is 18.3 Å². The van der Waals surface area contributed by atoms with Gasteiger partial charge < -0.3 is 15.2 Å². The number of alkyl halides is 3. The molecule has 144 valence electrons. The minimum absolute atomic E-state index is 0.0339. The monoisotopic (exact) mass is 381 g/mol. The van der Waals surface area contributed by atoms with Crippen molar-refractivity contribution >= 4 is 17.3 Å². The topological polar surface area (TPSA) is 83.0 Å². The van der Waals surface area contributed by atoms with E-state index < -0.39 is 17.6 Å². The zero-order valence-corrected chi connectivity index (χ0v) is 14.6. The highest BCUT2D eigenvalue weighted by Crippen LogP contribution is 2.30. The quantitative estimate of drug-likeness (QED) is 0.529. The number of carbonyl (C=O) groups excluding carboxylic acids is 1. The summed E-state index contributed by atoms with van der Waals surface area (Å²) in [6.45, 7) is 1.30. The zero-order valence-electron chi connectivity index (χ0n) is 14.6. The van der Waals surface area contributed by atoms with Crippen LogP contribution in [-0.4, -0.2) is 30.4 Å². The predicted octanol–water partition coefficient (Wildman–Crippen LogP) is 3.37. The van der Waals surface area contributed by atoms with E-state index in [9.17, 15) is 23.1 Å². The number of ether oxygens (including phenoxy) is 1. The van der Waals surface area contributed by atoms with Gasteiger partial charge >= 0.3 is 6.18 Å². The van der Waals surface area contributed by atoms with Crippen molar-refractivity contribution in [3.05, 3.63) is 53.6 Å². The number of hydrogen-bond donors (Lipinski definition) is 3. The Kier molecular flexibility index (Phi) is 6.27. The Morgan fingerprint density at radius 2 is 1.96 bits per heavy atom. The maximum Gasteiger partial charge on any atom is 0.416 e. The maximum absolute atomic E-state index is 12.7. The first-order valence-corrected chi connectivity index (χ1v) is 7.82. The minimum Gasteiger partial charge on any atom is -0.507 e. The van der Waals surface area contributed by atoms with Crippen molar-refractivity contribution in [3.63, 3.8) is 0 Å². The maximum atomic E-state index is 12.7. The van der Waals surface area contributed by atoms with Crippen LogP contribution in [0.4, 0.5) is 18.9 Å². The predicted molar refractivity (Wildman–Crippen MR) is 94.9 cm³/mol. The molecule has 9 heteroatoms. The summed E-state index contributed by atoms with van der Waals surface area (Å²) in [5.41, 5.74) is 2.33. The van der Waals surface area contributed by atoms with E-state index in [1.54, 1.807) is 19.1 Å². The third kappa shape index (κ3) is 5.63. The van der Waals surface area contributed by atoms with Gasteiger partial charge in [0.1, 0.15) is 11.5 Å². The van der Waals surface area contributed by atoms with Gasteiger partial charge in [-0.1, -0.05) is 6.07 Å². The fraction of sp³-hybridized carbons (Fsp3) is 0.222. The number of hydrogen-bond acceptors (Lipinski definition) is 5. The van der Waals surface area contributed by atoms with Gasteiger partial charge in [0, 0.05) is 11.3 Å². The lowest BCUT2D eigenvalue weighted by molar-refractivity contribution is -0.137. The van der Waals surface area contributed by atoms with Crippen LogP contribution in [0.1, 0.15) is 18.1 Å². The number of nitrogens with zero attached hydrogens (tertiary/aromatic N) is 1. The Morgan fingerprint density at radius 3 is 2.63 bits per heavy atom. The molecule has 0 heterocycles. The van der Waals surface area contributed by atoms with Crippen LogP contribution in [0.15, 0.2) is 47.6 Å². The second-order valence-electron chi connectivity index (χ2n) is 5.55. The summed E-state index contributed by atoms with van der Waals surface area (Å²) in [7, 11) is 1.48. The summed E-state index contributed by atoms with van der Waals surface area (Å²) in [5.74, 6) is -0.0857. The highest BCUT2D eigenvalue weighted by Gasteiger charge is 2.30. The number of phenols is 1. The lowest BCUT2D eigenvalue weighted by Gasteiger charge is -2.10. The summed E-state index contributed by atoms with van der Waals surface area (Å²) in [4.78, 5) is 11.9. The average molecular weight is 381 g/mol. The lowest BCUT2D eigenvalue weighted by atomic mass is 10.1. The number of halogens is 3. The molecule has 1 amide bonds. The van der Waals surface area contributed by atoms with Crippen LogP contribution in [0.5, 0.6) is 11.5 Å². The first-order valence-electron chi connectivity index (χ1n) is 7.82. The molecular weight excluding hydrogens is 363 g/mol. The van der Waals surface area contributed by atoms with E-state index in [1.165, 1.54) is 25.3 Å². The number of methoxy groups -OCH3 is 1. The normalized spacial score (nSPS) is 11.8. The van der Waals surface area contributed by atoms with Gasteiger partial charge in [-0.05, 0) is 43.3 Å². The highest BCUT2D eigenvalue weighted by molar-refractivity contribution is 6.01. The standard InChI is InChI=1S/C18H18F3N3O3/c1-11(15-9-14(27-2)6-7-16(15)25)23-24-17(26)10-22-13-5-3-4-12(8-13)18(19,20)21/h3-9,22,25H,10H2,1-2H3,(H,24,26)/b23-11+. The molecule has 0 aliphatic carbocycles. The number of aromatic hydroxyl groups is 1. The number of anilines is 1. The first kappa shape index (κ1) is 20.1. The third-order valence-electron chi connectivity index (χ3n) is 3.58. The van der Waals surface area contributed by atoms with E-state index in [2.05, 4.69) is 15.8 Å². The molecule has 0 atom stereocenters. The molecule has 2 aromatic rings. The smallest absolute Gasteiger partial charge is 0.416 e. The van der Waals surface area contributed by atoms with Crippen LogP contribution in [0, 0.1) is 0 Å². The average Bonchev–Trinajstić information content (AvgIpc) is 2.64. The largest absolute Gasteiger partial charge is 0.507 e. The Balaban J connectivity index is 1.97. The number of rotatable bonds is 6. The van der Waals surface area contributed by atoms with E-state index >= 15 is 0 Å². The van der Waals surface area contributed by atoms with Crippen LogP contribution in [0.2, 0.25) is 0 Å². The van der Waals surface area contributed by atoms with Gasteiger partial charge in [0.15, 0.2) is 0 Å². The summed E-state index contributed by atoms with van der Waals surface area (Å²) in [5, 5.41) is 16.3. The lowest BCUT2D eigenvalue weighted by Crippen LogP contribution is -2.26. The van der Waals surface area contributed by atoms with Crippen LogP contribution in [0.3, 0.4) is 0 Å². The van der Waals surface area contributed by atoms with Crippen LogP contribution in [0.25, 0.3) is 0 Å². The summed E-state index contributed by atoms with van der Waals surface area (Å²) in [6.07, 6.45) is -4.46. The molecule has 0 bridgehead atoms. The van der Waals surface area contributed by atoms with Gasteiger partial charge in [-0.25, -0.2) is 5.43 Å². The van der Waals surface area contributed by atoms with Gasteiger partial charge in [0.2, 0.25) is 0 Å². The van der Waals surface area contributed by atoms with Crippen molar-refractivity contribution < 1.29 is 27.8 Å². The Morgan fingerprint density at radius 1 is 1.22 bits per heavy atom. The molecule has 0 saturated carbocycles. The van der Waals surface area contributed by atoms with E-state index in [0.29, 0.717) is 17.0 Å². The molecular formula is C18H18F3N3O3. The van der Waals surface area contributed by atoms with E-state index in [-0.39, 0.29) is 18.0 Å². The molecule has 0 spiro atoms. The van der Waals surface area contributed by atoms with E-state index in [4.69, 9.17) is 4.74 Å². The number of hydrazone groups is 1. The van der Waals surface area contributed by atoms with Crippen molar-refractivity contribution in [2.45, 2.75) is 13.1 Å². The summed E-state index contributed by atoms with van der Waals surface area (Å²) < 4.78 is 43.1. The van der Waals surface area contributed by atoms with Crippen molar-refractivity contribution in [3.8, 4) is 11.5 Å². The second kappa shape index (κ2) is 8.43. The zero-order chi connectivity index (χ0) is 20.0. The van der Waals surface area contributed by atoms with E-state index in [0.717, 1.165) is 12.1 Å². The first-order chi connectivity index (χ1) is 12.7. The highest BCUT2D eigenvalue weighted by atomic mass is 19.4. The Labute approximate surface area is 153 Å². The van der Waals surface area contributed by atoms with Crippen LogP contribution < -0.4 is 15.5 Å². The Bertz CT molecular complexity index is 851. The Hall–Kier alpha value is -3.23. The fourth-order valence-electron chi connectivity index (χ4n) is 2.17. The molecule has 0 unspecified atom stereocenters. The molecule has 0 aromatic heterocycles. The molecule has 0 fully saturated rings. The number of phenolic OH excluding ortho intramolecular Hbond substituents is 1. The second-order valence-corrected chi connectivity index (χ2v) is 5.55. The van der Waals surface area contributed by atoms with Crippen LogP contribution in [-0.2, 0) is 11.0 Å². The van der Waals surface area contributed by atoms with Gasteiger partial charge in [-0.15, -0.1) is 0 Å². The SMILES string of the molecule is COc1ccc(O)c(/C(C)=N/NC(=O)CNc2cccc(C(F)(F)F)c2)c1. The molecule has 3 N–H and O–H groups in total. The molecule has 2 rings (SSSR count). The molecule has 6 nitrogen and oxygen atoms in total. The molecule has 0 saturated heterocycles. The fourth-order valence-corrected chi connectivity index (χ4v) is 2.17. The number of amides is 1. The van der Waals surface area contributed by atoms with Gasteiger partial charge in [0.05, 0.1) is 24.9 Å². The molecule has 0 aliphatic heterocycles. The number of nitrogens with one attached hydrogen (secondary N) is 2. The van der Waals surface area contributed by atoms with Crippen molar-refractivity contribution in [1.29, 1.82) is 0 Å². The number of carbonyl (C=O) groups is 1. The van der Waals surface area contributed by atoms with Crippen molar-refractivity contribution in [1.82, 2.24) is 5.43 Å². The van der Waals surface area contributed by atoms with Gasteiger partial charge in [0.25, 0.3) is 5.91 Å². The van der Waals surface area contributed by atoms with E-state index in [1.807, 2.05) is 0 Å². The molecule has 0 radical (unpaired) electrons. The molecule has 0 aliphatic rings. The third-order valence-corrected chi connectivity index (χ3v) is 3.58. The summed E-state index contributed by atoms with van der Waals surface area (Å²) in [6, 6.07) is 9.09. The number of benzene rings is 2.